The molecule has 0 amide bonds. The van der Waals surface area contributed by atoms with Crippen molar-refractivity contribution >= 4 is 16.3 Å². The Labute approximate surface area is 187 Å². The third kappa shape index (κ3) is 4.19. The van der Waals surface area contributed by atoms with Gasteiger partial charge >= 0.3 is 16.3 Å². The molecule has 178 valence electrons. The van der Waals surface area contributed by atoms with E-state index in [9.17, 15) is 17.8 Å². The molecule has 7 heteroatoms. The number of nitrogens with one attached hydrogen (secondary N) is 1. The molecule has 6 nitrogen and oxygen atoms in total. The van der Waals surface area contributed by atoms with E-state index in [-0.39, 0.29) is 29.2 Å². The minimum Gasteiger partial charge on any atom is -0.481 e. The van der Waals surface area contributed by atoms with Crippen LogP contribution in [0, 0.1) is 46.3 Å². The molecule has 0 heterocycles. The van der Waals surface area contributed by atoms with Crippen molar-refractivity contribution < 1.29 is 22.9 Å². The van der Waals surface area contributed by atoms with Gasteiger partial charge in [0, 0.05) is 12.5 Å². The van der Waals surface area contributed by atoms with E-state index in [1.54, 1.807) is 0 Å². The molecule has 0 aromatic rings. The molecule has 0 aromatic heterocycles. The smallest absolute Gasteiger partial charge is 0.333 e. The Morgan fingerprint density at radius 2 is 1.77 bits per heavy atom. The normalized spacial score (nSPS) is 45.9. The first-order chi connectivity index (χ1) is 14.5. The summed E-state index contributed by atoms with van der Waals surface area (Å²) in [5, 5.41) is 9.15. The van der Waals surface area contributed by atoms with Gasteiger partial charge in [-0.1, -0.05) is 33.6 Å². The Bertz CT molecular complexity index is 800. The lowest BCUT2D eigenvalue weighted by atomic mass is 9.43. The Morgan fingerprint density at radius 1 is 1.06 bits per heavy atom. The maximum absolute atomic E-state index is 11.9. The number of fused-ring (bicyclic) bond motifs is 5. The van der Waals surface area contributed by atoms with E-state index in [1.165, 1.54) is 25.7 Å². The van der Waals surface area contributed by atoms with Gasteiger partial charge in [-0.2, -0.15) is 13.1 Å². The molecule has 4 saturated carbocycles. The van der Waals surface area contributed by atoms with E-state index in [2.05, 4.69) is 25.5 Å². The van der Waals surface area contributed by atoms with Gasteiger partial charge in [0.05, 0.1) is 0 Å². The van der Waals surface area contributed by atoms with Crippen molar-refractivity contribution in [2.24, 2.45) is 46.3 Å². The molecular weight excluding hydrogens is 414 g/mol. The monoisotopic (exact) mass is 455 g/mol. The van der Waals surface area contributed by atoms with Crippen molar-refractivity contribution in [1.29, 1.82) is 0 Å². The van der Waals surface area contributed by atoms with Gasteiger partial charge in [-0.05, 0) is 97.7 Å². The SMILES string of the molecule is C[C@H](CCC(=O)O)[C@H]1CC[C@H]2C3C(NS(=O)(=O)O)CC4CCCCC4(C)[C@H]3CCC12C. The van der Waals surface area contributed by atoms with Crippen LogP contribution >= 0.6 is 0 Å². The third-order valence-corrected chi connectivity index (χ3v) is 11.1. The Hall–Kier alpha value is -0.660. The van der Waals surface area contributed by atoms with Gasteiger partial charge in [0.25, 0.3) is 0 Å². The number of hydrogen-bond donors (Lipinski definition) is 3. The summed E-state index contributed by atoms with van der Waals surface area (Å²) in [5.41, 5.74) is 0.394. The summed E-state index contributed by atoms with van der Waals surface area (Å²) in [7, 11) is -4.24. The van der Waals surface area contributed by atoms with E-state index >= 15 is 0 Å². The topological polar surface area (TPSA) is 104 Å². The largest absolute Gasteiger partial charge is 0.481 e. The maximum Gasteiger partial charge on any atom is 0.333 e. The summed E-state index contributed by atoms with van der Waals surface area (Å²) < 4.78 is 36.2. The van der Waals surface area contributed by atoms with Crippen LogP contribution in [0.2, 0.25) is 0 Å². The lowest BCUT2D eigenvalue weighted by molar-refractivity contribution is -0.138. The van der Waals surface area contributed by atoms with Crippen LogP contribution in [0.3, 0.4) is 0 Å². The second-order valence-corrected chi connectivity index (χ2v) is 13.0. The van der Waals surface area contributed by atoms with Crippen molar-refractivity contribution in [3.05, 3.63) is 0 Å². The minimum atomic E-state index is -4.24. The van der Waals surface area contributed by atoms with Gasteiger partial charge in [-0.15, -0.1) is 0 Å². The summed E-state index contributed by atoms with van der Waals surface area (Å²) in [5.74, 6) is 1.84. The second kappa shape index (κ2) is 8.28. The summed E-state index contributed by atoms with van der Waals surface area (Å²) in [6.45, 7) is 7.06. The van der Waals surface area contributed by atoms with E-state index in [0.29, 0.717) is 36.0 Å². The first kappa shape index (κ1) is 23.5. The predicted molar refractivity (Wildman–Crippen MR) is 120 cm³/mol. The Balaban J connectivity index is 1.64. The number of rotatable bonds is 6. The van der Waals surface area contributed by atoms with E-state index in [1.807, 2.05) is 0 Å². The molecule has 4 aliphatic carbocycles. The zero-order valence-corrected chi connectivity index (χ0v) is 20.2. The zero-order valence-electron chi connectivity index (χ0n) is 19.3. The number of carbonyl (C=O) groups is 1. The molecule has 4 fully saturated rings. The standard InChI is InChI=1S/C24H41NO5S/c1-15(7-10-21(26)27)17-8-9-18-22-19(11-13-24(17,18)3)23(2)12-5-4-6-16(23)14-20(22)25-31(28,29)30/h15-20,22,25H,4-14H2,1-3H3,(H,26,27)(H,28,29,30)/t15-,16?,17-,18+,19+,20?,22?,23?,24?/m1/s1. The van der Waals surface area contributed by atoms with Crippen molar-refractivity contribution in [3.63, 3.8) is 0 Å². The van der Waals surface area contributed by atoms with Crippen LogP contribution in [0.25, 0.3) is 0 Å². The second-order valence-electron chi connectivity index (χ2n) is 11.8. The van der Waals surface area contributed by atoms with E-state index < -0.39 is 16.3 Å². The number of carboxylic acids is 1. The van der Waals surface area contributed by atoms with Gasteiger partial charge in [0.1, 0.15) is 0 Å². The highest BCUT2D eigenvalue weighted by Gasteiger charge is 2.62. The van der Waals surface area contributed by atoms with Gasteiger partial charge < -0.3 is 5.11 Å². The molecular formula is C24H41NO5S. The average Bonchev–Trinajstić information content (AvgIpc) is 3.02. The van der Waals surface area contributed by atoms with Crippen LogP contribution in [0.1, 0.15) is 91.4 Å². The van der Waals surface area contributed by atoms with Crippen LogP contribution in [0.15, 0.2) is 0 Å². The minimum absolute atomic E-state index is 0.121. The molecule has 0 aliphatic heterocycles. The molecule has 3 N–H and O–H groups in total. The van der Waals surface area contributed by atoms with E-state index in [4.69, 9.17) is 5.11 Å². The fourth-order valence-electron chi connectivity index (χ4n) is 9.14. The number of carboxylic acid groups (broad SMARTS) is 1. The van der Waals surface area contributed by atoms with E-state index in [0.717, 1.165) is 32.1 Å². The Kier molecular flexibility index (Phi) is 6.28. The fraction of sp³-hybridized carbons (Fsp3) is 0.958. The molecule has 31 heavy (non-hydrogen) atoms. The fourth-order valence-corrected chi connectivity index (χ4v) is 9.78. The lowest BCUT2D eigenvalue weighted by Crippen LogP contribution is -2.61. The summed E-state index contributed by atoms with van der Waals surface area (Å²) >= 11 is 0. The van der Waals surface area contributed by atoms with Gasteiger partial charge in [0.15, 0.2) is 0 Å². The van der Waals surface area contributed by atoms with Gasteiger partial charge in [0.2, 0.25) is 0 Å². The van der Waals surface area contributed by atoms with Crippen molar-refractivity contribution in [2.45, 2.75) is 97.4 Å². The summed E-state index contributed by atoms with van der Waals surface area (Å²) in [6.07, 6.45) is 11.1. The van der Waals surface area contributed by atoms with Gasteiger partial charge in [-0.25, -0.2) is 0 Å². The molecule has 9 atom stereocenters. The number of hydrogen-bond acceptors (Lipinski definition) is 3. The van der Waals surface area contributed by atoms with Crippen LogP contribution in [0.4, 0.5) is 0 Å². The summed E-state index contributed by atoms with van der Waals surface area (Å²) in [6, 6.07) is -0.186. The quantitative estimate of drug-likeness (QED) is 0.494. The molecule has 0 radical (unpaired) electrons. The number of aliphatic carboxylic acids is 1. The average molecular weight is 456 g/mol. The van der Waals surface area contributed by atoms with Crippen molar-refractivity contribution in [2.75, 3.05) is 0 Å². The Morgan fingerprint density at radius 3 is 2.45 bits per heavy atom. The maximum atomic E-state index is 11.9. The van der Waals surface area contributed by atoms with Gasteiger partial charge in [-0.3, -0.25) is 9.35 Å². The van der Waals surface area contributed by atoms with Crippen LogP contribution in [-0.4, -0.2) is 30.1 Å². The van der Waals surface area contributed by atoms with Crippen LogP contribution < -0.4 is 4.72 Å². The molecule has 4 aliphatic rings. The van der Waals surface area contributed by atoms with Crippen molar-refractivity contribution in [3.8, 4) is 0 Å². The van der Waals surface area contributed by atoms with Crippen LogP contribution in [-0.2, 0) is 15.1 Å². The highest BCUT2D eigenvalue weighted by molar-refractivity contribution is 7.83. The molecule has 0 saturated heterocycles. The molecule has 0 bridgehead atoms. The first-order valence-corrected chi connectivity index (χ1v) is 13.9. The molecule has 4 rings (SSSR count). The molecule has 0 aromatic carbocycles. The zero-order chi connectivity index (χ0) is 22.6. The first-order valence-electron chi connectivity index (χ1n) is 12.4. The molecule has 5 unspecified atom stereocenters. The summed E-state index contributed by atoms with van der Waals surface area (Å²) in [4.78, 5) is 11.1. The molecule has 0 spiro atoms. The predicted octanol–water partition coefficient (Wildman–Crippen LogP) is 4.91. The van der Waals surface area contributed by atoms with Crippen molar-refractivity contribution in [1.82, 2.24) is 4.72 Å². The third-order valence-electron chi connectivity index (χ3n) is 10.5. The highest BCUT2D eigenvalue weighted by atomic mass is 32.2. The highest BCUT2D eigenvalue weighted by Crippen LogP contribution is 2.68. The van der Waals surface area contributed by atoms with Crippen LogP contribution in [0.5, 0.6) is 0 Å². The lowest BCUT2D eigenvalue weighted by Gasteiger charge is -2.63.